The van der Waals surface area contributed by atoms with Crippen molar-refractivity contribution in [1.29, 1.82) is 0 Å². The Balaban J connectivity index is 0.00000385. The number of likely N-dealkylation sites (tertiary alicyclic amines) is 2. The van der Waals surface area contributed by atoms with Gasteiger partial charge in [-0.15, -0.1) is 24.0 Å². The average Bonchev–Trinajstić information content (AvgIpc) is 3.09. The first-order chi connectivity index (χ1) is 15.8. The topological polar surface area (TPSA) is 49.3 Å². The zero-order chi connectivity index (χ0) is 22.4. The highest BCUT2D eigenvalue weighted by Gasteiger charge is 2.22. The van der Waals surface area contributed by atoms with E-state index in [0.717, 1.165) is 71.2 Å². The number of hydrogen-bond donors (Lipinski definition) is 1. The second-order valence-corrected chi connectivity index (χ2v) is 9.03. The molecule has 2 fully saturated rings. The molecule has 1 aromatic carbocycles. The van der Waals surface area contributed by atoms with Gasteiger partial charge in [-0.3, -0.25) is 4.90 Å². The van der Waals surface area contributed by atoms with Crippen molar-refractivity contribution in [3.63, 3.8) is 0 Å². The van der Waals surface area contributed by atoms with Crippen LogP contribution in [0.3, 0.4) is 0 Å². The zero-order valence-electron chi connectivity index (χ0n) is 20.8. The van der Waals surface area contributed by atoms with Crippen LogP contribution in [0.2, 0.25) is 0 Å². The monoisotopic (exact) mass is 572 g/mol. The van der Waals surface area contributed by atoms with Gasteiger partial charge < -0.3 is 19.7 Å². The summed E-state index contributed by atoms with van der Waals surface area (Å²) in [5.74, 6) is 1.04. The van der Waals surface area contributed by atoms with Gasteiger partial charge >= 0.3 is 0 Å². The maximum absolute atomic E-state index is 6.03. The highest BCUT2D eigenvalue weighted by molar-refractivity contribution is 14.0. The van der Waals surface area contributed by atoms with Gasteiger partial charge in [0.05, 0.1) is 12.6 Å². The number of ether oxygens (including phenoxy) is 2. The van der Waals surface area contributed by atoms with E-state index in [9.17, 15) is 0 Å². The minimum absolute atomic E-state index is 0. The fraction of sp³-hybridized carbons (Fsp3) is 0.731. The number of halogens is 1. The van der Waals surface area contributed by atoms with E-state index in [-0.39, 0.29) is 24.0 Å². The summed E-state index contributed by atoms with van der Waals surface area (Å²) < 4.78 is 11.1. The Hall–Kier alpha value is -0.900. The molecule has 6 nitrogen and oxygen atoms in total. The highest BCUT2D eigenvalue weighted by Crippen LogP contribution is 2.18. The second kappa shape index (κ2) is 16.7. The summed E-state index contributed by atoms with van der Waals surface area (Å²) in [7, 11) is 1.74. The zero-order valence-corrected chi connectivity index (χ0v) is 23.1. The van der Waals surface area contributed by atoms with Gasteiger partial charge in [0.25, 0.3) is 0 Å². The summed E-state index contributed by atoms with van der Waals surface area (Å²) in [5.41, 5.74) is 2.78. The smallest absolute Gasteiger partial charge is 0.194 e. The fourth-order valence-corrected chi connectivity index (χ4v) is 4.67. The van der Waals surface area contributed by atoms with Crippen LogP contribution in [0, 0.1) is 0 Å². The number of methoxy groups -OCH3 is 1. The normalized spacial score (nSPS) is 18.6. The van der Waals surface area contributed by atoms with E-state index in [4.69, 9.17) is 14.5 Å². The summed E-state index contributed by atoms with van der Waals surface area (Å²) >= 11 is 0. The van der Waals surface area contributed by atoms with Gasteiger partial charge in [0.15, 0.2) is 5.96 Å². The first-order valence-corrected chi connectivity index (χ1v) is 12.7. The third-order valence-corrected chi connectivity index (χ3v) is 6.53. The third-order valence-electron chi connectivity index (χ3n) is 6.53. The van der Waals surface area contributed by atoms with Crippen molar-refractivity contribution in [2.45, 2.75) is 71.1 Å². The highest BCUT2D eigenvalue weighted by atomic mass is 127. The molecule has 1 aromatic rings. The predicted octanol–water partition coefficient (Wildman–Crippen LogP) is 4.66. The quantitative estimate of drug-likeness (QED) is 0.191. The Morgan fingerprint density at radius 2 is 1.70 bits per heavy atom. The summed E-state index contributed by atoms with van der Waals surface area (Å²) in [5, 5.41) is 3.51. The lowest BCUT2D eigenvalue weighted by molar-refractivity contribution is 0.00990. The van der Waals surface area contributed by atoms with Gasteiger partial charge in [0.1, 0.15) is 0 Å². The van der Waals surface area contributed by atoms with E-state index in [1.54, 1.807) is 7.11 Å². The van der Waals surface area contributed by atoms with Crippen LogP contribution in [0.5, 0.6) is 0 Å². The van der Waals surface area contributed by atoms with Crippen molar-refractivity contribution in [1.82, 2.24) is 15.1 Å². The molecule has 1 N–H and O–H groups in total. The van der Waals surface area contributed by atoms with Crippen LogP contribution in [-0.2, 0) is 22.6 Å². The molecular weight excluding hydrogens is 527 g/mol. The van der Waals surface area contributed by atoms with E-state index < -0.39 is 0 Å². The van der Waals surface area contributed by atoms with Gasteiger partial charge in [-0.2, -0.15) is 0 Å². The van der Waals surface area contributed by atoms with Gasteiger partial charge in [0, 0.05) is 46.5 Å². The van der Waals surface area contributed by atoms with Crippen LogP contribution in [0.1, 0.15) is 63.0 Å². The van der Waals surface area contributed by atoms with Gasteiger partial charge in [-0.05, 0) is 63.2 Å². The van der Waals surface area contributed by atoms with Crippen LogP contribution in [0.15, 0.2) is 29.3 Å². The van der Waals surface area contributed by atoms with Gasteiger partial charge in [-0.1, -0.05) is 37.1 Å². The Bertz CT molecular complexity index is 672. The molecule has 0 spiro atoms. The first kappa shape index (κ1) is 28.3. The molecule has 3 rings (SSSR count). The third kappa shape index (κ3) is 10.1. The molecule has 0 unspecified atom stereocenters. The van der Waals surface area contributed by atoms with E-state index in [1.807, 2.05) is 0 Å². The van der Waals surface area contributed by atoms with E-state index in [1.165, 1.54) is 49.9 Å². The summed E-state index contributed by atoms with van der Waals surface area (Å²) in [4.78, 5) is 10.1. The Morgan fingerprint density at radius 3 is 2.36 bits per heavy atom. The van der Waals surface area contributed by atoms with Crippen molar-refractivity contribution < 1.29 is 9.47 Å². The second-order valence-electron chi connectivity index (χ2n) is 9.03. The molecule has 188 valence electrons. The van der Waals surface area contributed by atoms with E-state index >= 15 is 0 Å². The van der Waals surface area contributed by atoms with Crippen LogP contribution in [-0.4, -0.2) is 74.9 Å². The molecule has 0 saturated carbocycles. The molecular formula is C26H45IN4O2. The minimum Gasteiger partial charge on any atom is -0.385 e. The molecule has 0 amide bonds. The van der Waals surface area contributed by atoms with Crippen molar-refractivity contribution in [2.75, 3.05) is 53.0 Å². The largest absolute Gasteiger partial charge is 0.385 e. The predicted molar refractivity (Wildman–Crippen MR) is 147 cm³/mol. The number of hydrogen-bond acceptors (Lipinski definition) is 4. The molecule has 2 aliphatic rings. The van der Waals surface area contributed by atoms with Gasteiger partial charge in [-0.25, -0.2) is 4.99 Å². The lowest BCUT2D eigenvalue weighted by Crippen LogP contribution is -2.47. The number of piperidine rings is 1. The lowest BCUT2D eigenvalue weighted by atomic mass is 10.1. The minimum atomic E-state index is 0. The van der Waals surface area contributed by atoms with Crippen LogP contribution in [0.25, 0.3) is 0 Å². The molecule has 7 heteroatoms. The summed E-state index contributed by atoms with van der Waals surface area (Å²) in [6, 6.07) is 8.86. The van der Waals surface area contributed by atoms with Crippen LogP contribution < -0.4 is 5.32 Å². The number of benzene rings is 1. The van der Waals surface area contributed by atoms with Crippen LogP contribution in [0.4, 0.5) is 0 Å². The van der Waals surface area contributed by atoms with E-state index in [2.05, 4.69) is 46.3 Å². The Labute approximate surface area is 218 Å². The summed E-state index contributed by atoms with van der Waals surface area (Å²) in [6.07, 6.45) is 8.87. The van der Waals surface area contributed by atoms with Crippen molar-refractivity contribution >= 4 is 29.9 Å². The summed E-state index contributed by atoms with van der Waals surface area (Å²) in [6.45, 7) is 10.8. The van der Waals surface area contributed by atoms with Crippen LogP contribution >= 0.6 is 24.0 Å². The number of nitrogens with zero attached hydrogens (tertiary/aromatic N) is 3. The fourth-order valence-electron chi connectivity index (χ4n) is 4.67. The van der Waals surface area contributed by atoms with Gasteiger partial charge in [0.2, 0.25) is 0 Å². The molecule has 33 heavy (non-hydrogen) atoms. The first-order valence-electron chi connectivity index (χ1n) is 12.7. The molecule has 2 heterocycles. The maximum atomic E-state index is 6.03. The molecule has 2 saturated heterocycles. The standard InChI is InChI=1S/C26H44N4O2.HI/c1-3-27-26(30-17-13-25(14-18-30)32-20-10-19-31-2)28-21-23-11-6-7-12-24(23)22-29-15-8-4-5-9-16-29;/h6-7,11-12,25H,3-5,8-10,13-22H2,1-2H3,(H,27,28);1H. The lowest BCUT2D eigenvalue weighted by Gasteiger charge is -2.34. The number of rotatable bonds is 10. The Kier molecular flexibility index (Phi) is 14.3. The number of nitrogens with one attached hydrogen (secondary N) is 1. The Morgan fingerprint density at radius 1 is 1.00 bits per heavy atom. The van der Waals surface area contributed by atoms with E-state index in [0.29, 0.717) is 6.10 Å². The van der Waals surface area contributed by atoms with Crippen molar-refractivity contribution in [2.24, 2.45) is 4.99 Å². The number of guanidine groups is 1. The number of aliphatic imine (C=N–C) groups is 1. The maximum Gasteiger partial charge on any atom is 0.194 e. The molecule has 0 aromatic heterocycles. The molecule has 0 radical (unpaired) electrons. The van der Waals surface area contributed by atoms with Crippen molar-refractivity contribution in [3.8, 4) is 0 Å². The molecule has 0 atom stereocenters. The SMILES string of the molecule is CCNC(=NCc1ccccc1CN1CCCCCC1)N1CCC(OCCCOC)CC1.I. The molecule has 2 aliphatic heterocycles. The van der Waals surface area contributed by atoms with Crippen molar-refractivity contribution in [3.05, 3.63) is 35.4 Å². The molecule has 0 bridgehead atoms. The average molecular weight is 573 g/mol. The molecule has 0 aliphatic carbocycles.